The number of hydrogen-bond donors (Lipinski definition) is 2. The molecule has 0 aromatic heterocycles. The Balaban J connectivity index is 1.81. The number of benzene rings is 2. The van der Waals surface area contributed by atoms with Crippen LogP contribution in [0.4, 0.5) is 9.59 Å². The normalized spacial score (nSPS) is 11.5. The topological polar surface area (TPSA) is 148 Å². The quantitative estimate of drug-likeness (QED) is 0.140. The first-order chi connectivity index (χ1) is 18.9. The van der Waals surface area contributed by atoms with Crippen molar-refractivity contribution in [3.8, 4) is 11.5 Å². The van der Waals surface area contributed by atoms with Crippen LogP contribution in [0.5, 0.6) is 11.5 Å². The molecule has 0 spiro atoms. The van der Waals surface area contributed by atoms with Crippen molar-refractivity contribution in [2.75, 3.05) is 33.1 Å². The Morgan fingerprint density at radius 2 is 1.03 bits per heavy atom. The molecule has 2 atom stereocenters. The molecule has 2 aromatic rings. The van der Waals surface area contributed by atoms with Gasteiger partial charge in [0.15, 0.2) is 12.2 Å². The first-order valence-corrected chi connectivity index (χ1v) is 11.7. The molecule has 0 aliphatic heterocycles. The number of hydrogen-bond acceptors (Lipinski definition) is 10. The van der Waals surface area contributed by atoms with Gasteiger partial charge in [-0.2, -0.15) is 0 Å². The molecule has 2 N–H and O–H groups in total. The summed E-state index contributed by atoms with van der Waals surface area (Å²) in [5.41, 5.74) is 0. The third-order valence-corrected chi connectivity index (χ3v) is 4.53. The Morgan fingerprint density at radius 3 is 1.38 bits per heavy atom. The van der Waals surface area contributed by atoms with E-state index in [1.165, 1.54) is 0 Å². The summed E-state index contributed by atoms with van der Waals surface area (Å²) in [6.07, 6.45) is -1.81. The number of carbonyl (C=O) groups excluding carboxylic acids is 4. The predicted octanol–water partition coefficient (Wildman–Crippen LogP) is 2.75. The first-order valence-electron chi connectivity index (χ1n) is 11.7. The van der Waals surface area contributed by atoms with Gasteiger partial charge in [-0.15, -0.1) is 0 Å². The first kappa shape index (κ1) is 30.2. The summed E-state index contributed by atoms with van der Waals surface area (Å²) < 4.78 is 31.5. The molecule has 0 fully saturated rings. The number of esters is 2. The zero-order valence-electron chi connectivity index (χ0n) is 21.1. The van der Waals surface area contributed by atoms with Gasteiger partial charge in [0.1, 0.15) is 37.9 Å². The zero-order valence-corrected chi connectivity index (χ0v) is 21.1. The van der Waals surface area contributed by atoms with Crippen LogP contribution in [-0.4, -0.2) is 69.4 Å². The minimum atomic E-state index is -0.958. The number of carbonyl (C=O) groups is 4. The van der Waals surface area contributed by atoms with Gasteiger partial charge in [-0.1, -0.05) is 49.6 Å². The van der Waals surface area contributed by atoms with E-state index in [4.69, 9.17) is 28.4 Å². The molecule has 0 saturated carbocycles. The molecule has 0 bridgehead atoms. The maximum absolute atomic E-state index is 12.2. The van der Waals surface area contributed by atoms with E-state index in [9.17, 15) is 19.2 Å². The lowest BCUT2D eigenvalue weighted by atomic mass is 10.3. The van der Waals surface area contributed by atoms with E-state index in [1.54, 1.807) is 48.5 Å². The smallest absolute Gasteiger partial charge is 0.409 e. The third kappa shape index (κ3) is 13.2. The van der Waals surface area contributed by atoms with Crippen LogP contribution in [0.3, 0.4) is 0 Å². The summed E-state index contributed by atoms with van der Waals surface area (Å²) in [6, 6.07) is 17.5. The van der Waals surface area contributed by atoms with Crippen molar-refractivity contribution in [3.05, 3.63) is 86.0 Å². The van der Waals surface area contributed by atoms with E-state index >= 15 is 0 Å². The lowest BCUT2D eigenvalue weighted by Gasteiger charge is -2.20. The minimum Gasteiger partial charge on any atom is -0.490 e. The summed E-state index contributed by atoms with van der Waals surface area (Å²) in [4.78, 5) is 47.2. The second-order valence-electron chi connectivity index (χ2n) is 7.50. The molecule has 0 aliphatic carbocycles. The Hall–Kier alpha value is -5.00. The Kier molecular flexibility index (Phi) is 13.5. The third-order valence-electron chi connectivity index (χ3n) is 4.53. The highest BCUT2D eigenvalue weighted by atomic mass is 16.6. The van der Waals surface area contributed by atoms with Gasteiger partial charge in [0.25, 0.3) is 0 Å². The van der Waals surface area contributed by atoms with E-state index in [1.807, 2.05) is 12.1 Å². The molecule has 208 valence electrons. The van der Waals surface area contributed by atoms with Gasteiger partial charge >= 0.3 is 24.1 Å². The van der Waals surface area contributed by atoms with E-state index in [0.29, 0.717) is 11.5 Å². The molecular weight excluding hydrogens is 512 g/mol. The SMILES string of the molecule is C=CC(=O)OCC(COc1ccccc1)OC(=O)NCNC(=O)OC(COC(=O)C=C)COc1ccccc1. The van der Waals surface area contributed by atoms with Crippen LogP contribution >= 0.6 is 0 Å². The van der Waals surface area contributed by atoms with Crippen LogP contribution in [0.15, 0.2) is 86.0 Å². The standard InChI is InChI=1S/C27H30N2O10/c1-3-24(30)36-17-22(15-34-20-11-7-5-8-12-20)38-26(32)28-19-29-27(33)39-23(18-37-25(31)4-2)16-35-21-13-9-6-10-14-21/h3-14,22-23H,1-2,15-19H2,(H,28,32)(H,29,33). The zero-order chi connectivity index (χ0) is 28.3. The molecule has 2 rings (SSSR count). The van der Waals surface area contributed by atoms with Gasteiger partial charge in [0, 0.05) is 12.2 Å². The number of amides is 2. The summed E-state index contributed by atoms with van der Waals surface area (Å²) in [6.45, 7) is 5.46. The largest absolute Gasteiger partial charge is 0.490 e. The van der Waals surface area contributed by atoms with Crippen LogP contribution in [0.25, 0.3) is 0 Å². The van der Waals surface area contributed by atoms with Crippen LogP contribution in [0, 0.1) is 0 Å². The van der Waals surface area contributed by atoms with Gasteiger partial charge in [-0.05, 0) is 24.3 Å². The lowest BCUT2D eigenvalue weighted by Crippen LogP contribution is -2.42. The fourth-order valence-corrected chi connectivity index (χ4v) is 2.69. The number of nitrogens with one attached hydrogen (secondary N) is 2. The van der Waals surface area contributed by atoms with E-state index in [2.05, 4.69) is 23.8 Å². The summed E-state index contributed by atoms with van der Waals surface area (Å²) in [7, 11) is 0. The molecule has 12 nitrogen and oxygen atoms in total. The average Bonchev–Trinajstić information content (AvgIpc) is 2.96. The monoisotopic (exact) mass is 542 g/mol. The van der Waals surface area contributed by atoms with Crippen molar-refractivity contribution in [1.82, 2.24) is 10.6 Å². The van der Waals surface area contributed by atoms with Crippen LogP contribution < -0.4 is 20.1 Å². The molecule has 0 saturated heterocycles. The second kappa shape index (κ2) is 17.5. The van der Waals surface area contributed by atoms with E-state index < -0.39 is 36.3 Å². The van der Waals surface area contributed by atoms with Gasteiger partial charge < -0.3 is 39.1 Å². The van der Waals surface area contributed by atoms with Gasteiger partial charge in [-0.25, -0.2) is 19.2 Å². The second-order valence-corrected chi connectivity index (χ2v) is 7.50. The van der Waals surface area contributed by atoms with Crippen LogP contribution in [0.2, 0.25) is 0 Å². The summed E-state index contributed by atoms with van der Waals surface area (Å²) in [5.74, 6) is -0.346. The summed E-state index contributed by atoms with van der Waals surface area (Å²) in [5, 5.41) is 4.63. The molecule has 2 amide bonds. The maximum Gasteiger partial charge on any atom is 0.409 e. The molecule has 2 unspecified atom stereocenters. The highest BCUT2D eigenvalue weighted by molar-refractivity contribution is 5.81. The molecule has 2 aromatic carbocycles. The summed E-state index contributed by atoms with van der Waals surface area (Å²) >= 11 is 0. The number of alkyl carbamates (subject to hydrolysis) is 2. The van der Waals surface area contributed by atoms with Gasteiger partial charge in [0.05, 0.1) is 6.67 Å². The maximum atomic E-state index is 12.2. The lowest BCUT2D eigenvalue weighted by molar-refractivity contribution is -0.142. The van der Waals surface area contributed by atoms with E-state index in [-0.39, 0.29) is 33.1 Å². The molecular formula is C27H30N2O10. The average molecular weight is 543 g/mol. The fourth-order valence-electron chi connectivity index (χ4n) is 2.69. The highest BCUT2D eigenvalue weighted by Gasteiger charge is 2.20. The Morgan fingerprint density at radius 1 is 0.641 bits per heavy atom. The highest BCUT2D eigenvalue weighted by Crippen LogP contribution is 2.11. The molecule has 39 heavy (non-hydrogen) atoms. The van der Waals surface area contributed by atoms with Crippen molar-refractivity contribution < 1.29 is 47.6 Å². The molecule has 0 aliphatic rings. The number of ether oxygens (including phenoxy) is 6. The Bertz CT molecular complexity index is 993. The predicted molar refractivity (Wildman–Crippen MR) is 138 cm³/mol. The molecule has 0 heterocycles. The van der Waals surface area contributed by atoms with Crippen molar-refractivity contribution in [2.24, 2.45) is 0 Å². The van der Waals surface area contributed by atoms with Gasteiger partial charge in [0.2, 0.25) is 0 Å². The van der Waals surface area contributed by atoms with Gasteiger partial charge in [-0.3, -0.25) is 0 Å². The molecule has 0 radical (unpaired) electrons. The molecule has 12 heteroatoms. The number of para-hydroxylation sites is 2. The minimum absolute atomic E-state index is 0.107. The van der Waals surface area contributed by atoms with Crippen LogP contribution in [0.1, 0.15) is 0 Å². The van der Waals surface area contributed by atoms with Crippen molar-refractivity contribution in [2.45, 2.75) is 12.2 Å². The van der Waals surface area contributed by atoms with Crippen molar-refractivity contribution in [1.29, 1.82) is 0 Å². The van der Waals surface area contributed by atoms with E-state index in [0.717, 1.165) is 12.2 Å². The Labute approximate surface area is 225 Å². The number of rotatable bonds is 16. The van der Waals surface area contributed by atoms with Crippen molar-refractivity contribution in [3.63, 3.8) is 0 Å². The fraction of sp³-hybridized carbons (Fsp3) is 0.259. The van der Waals surface area contributed by atoms with Crippen molar-refractivity contribution >= 4 is 24.1 Å². The van der Waals surface area contributed by atoms with Crippen LogP contribution in [-0.2, 0) is 28.5 Å².